The number of aromatic nitrogens is 2. The Bertz CT molecular complexity index is 500. The van der Waals surface area contributed by atoms with Gasteiger partial charge in [-0.25, -0.2) is 14.6 Å². The van der Waals surface area contributed by atoms with Crippen LogP contribution in [0.5, 0.6) is 0 Å². The van der Waals surface area contributed by atoms with E-state index in [0.717, 1.165) is 6.07 Å². The van der Waals surface area contributed by atoms with Crippen LogP contribution in [0.3, 0.4) is 0 Å². The highest BCUT2D eigenvalue weighted by Crippen LogP contribution is 2.13. The fraction of sp³-hybridized carbons (Fsp3) is 0.111. The molecule has 16 heavy (non-hydrogen) atoms. The second-order valence-electron chi connectivity index (χ2n) is 3.07. The number of nitrogens with one attached hydrogen (secondary N) is 1. The Hall–Kier alpha value is -2.02. The third-order valence-electron chi connectivity index (χ3n) is 1.96. The van der Waals surface area contributed by atoms with Gasteiger partial charge in [0.2, 0.25) is 0 Å². The molecule has 0 saturated heterocycles. The molecule has 1 aromatic heterocycles. The van der Waals surface area contributed by atoms with Crippen molar-refractivity contribution in [1.82, 2.24) is 10.1 Å². The summed E-state index contributed by atoms with van der Waals surface area (Å²) in [6, 6.07) is 3.34. The van der Waals surface area contributed by atoms with Gasteiger partial charge in [-0.1, -0.05) is 11.2 Å². The van der Waals surface area contributed by atoms with Gasteiger partial charge in [0.05, 0.1) is 0 Å². The van der Waals surface area contributed by atoms with Gasteiger partial charge in [-0.15, -0.1) is 0 Å². The lowest BCUT2D eigenvalue weighted by Crippen LogP contribution is -2.06. The summed E-state index contributed by atoms with van der Waals surface area (Å²) >= 11 is 0. The van der Waals surface area contributed by atoms with Crippen LogP contribution >= 0.6 is 0 Å². The molecule has 0 radical (unpaired) electrons. The van der Waals surface area contributed by atoms with Crippen molar-refractivity contribution < 1.29 is 13.3 Å². The van der Waals surface area contributed by atoms with Gasteiger partial charge < -0.3 is 4.52 Å². The first-order valence-corrected chi connectivity index (χ1v) is 4.42. The molecular weight excluding hydrogens is 218 g/mol. The lowest BCUT2D eigenvalue weighted by Gasteiger charge is -1.98. The van der Waals surface area contributed by atoms with Crippen LogP contribution in [0.25, 0.3) is 0 Å². The highest BCUT2D eigenvalue weighted by atomic mass is 19.1. The fourth-order valence-electron chi connectivity index (χ4n) is 1.22. The Morgan fingerprint density at radius 1 is 1.38 bits per heavy atom. The van der Waals surface area contributed by atoms with E-state index in [9.17, 15) is 8.78 Å². The van der Waals surface area contributed by atoms with E-state index in [1.165, 1.54) is 12.1 Å². The van der Waals surface area contributed by atoms with Crippen LogP contribution in [0.15, 0.2) is 22.7 Å². The average molecular weight is 226 g/mol. The van der Waals surface area contributed by atoms with E-state index in [1.54, 1.807) is 0 Å². The largest absolute Gasteiger partial charge is 0.335 e. The smallest absolute Gasteiger partial charge is 0.314 e. The Balaban J connectivity index is 2.20. The summed E-state index contributed by atoms with van der Waals surface area (Å²) in [5, 5.41) is 3.56. The molecule has 0 atom stereocenters. The monoisotopic (exact) mass is 226 g/mol. The Morgan fingerprint density at radius 2 is 2.19 bits per heavy atom. The molecule has 2 rings (SSSR count). The zero-order chi connectivity index (χ0) is 11.5. The SMILES string of the molecule is NNc1nc(Cc2ccc(F)cc2F)no1. The van der Waals surface area contributed by atoms with Crippen molar-refractivity contribution in [2.24, 2.45) is 5.84 Å². The van der Waals surface area contributed by atoms with Gasteiger partial charge in [-0.05, 0) is 11.6 Å². The summed E-state index contributed by atoms with van der Waals surface area (Å²) in [5.74, 6) is 4.03. The number of benzene rings is 1. The second kappa shape index (κ2) is 4.23. The summed E-state index contributed by atoms with van der Waals surface area (Å²) in [4.78, 5) is 3.81. The minimum absolute atomic E-state index is 0.0394. The lowest BCUT2D eigenvalue weighted by molar-refractivity contribution is 0.424. The minimum Gasteiger partial charge on any atom is -0.314 e. The first-order chi connectivity index (χ1) is 7.69. The van der Waals surface area contributed by atoms with E-state index in [0.29, 0.717) is 0 Å². The molecule has 7 heteroatoms. The normalized spacial score (nSPS) is 10.4. The maximum absolute atomic E-state index is 13.3. The van der Waals surface area contributed by atoms with Gasteiger partial charge >= 0.3 is 6.01 Å². The van der Waals surface area contributed by atoms with Crippen molar-refractivity contribution in [2.75, 3.05) is 5.43 Å². The molecule has 0 bridgehead atoms. The van der Waals surface area contributed by atoms with Gasteiger partial charge in [0.1, 0.15) is 11.6 Å². The van der Waals surface area contributed by atoms with Crippen molar-refractivity contribution >= 4 is 6.01 Å². The molecule has 0 aliphatic carbocycles. The van der Waals surface area contributed by atoms with Crippen LogP contribution < -0.4 is 11.3 Å². The van der Waals surface area contributed by atoms with E-state index in [4.69, 9.17) is 5.84 Å². The Kier molecular flexibility index (Phi) is 2.78. The number of nitrogens with zero attached hydrogens (tertiary/aromatic N) is 2. The van der Waals surface area contributed by atoms with Gasteiger partial charge in [0.25, 0.3) is 0 Å². The maximum atomic E-state index is 13.3. The molecule has 0 amide bonds. The van der Waals surface area contributed by atoms with Crippen molar-refractivity contribution in [2.45, 2.75) is 6.42 Å². The minimum atomic E-state index is -0.646. The predicted molar refractivity (Wildman–Crippen MR) is 51.3 cm³/mol. The molecule has 2 aromatic rings. The summed E-state index contributed by atoms with van der Waals surface area (Å²) in [6.07, 6.45) is 0.108. The average Bonchev–Trinajstić information content (AvgIpc) is 2.70. The summed E-state index contributed by atoms with van der Waals surface area (Å²) in [7, 11) is 0. The number of rotatable bonds is 3. The van der Waals surface area contributed by atoms with Crippen LogP contribution in [-0.4, -0.2) is 10.1 Å². The number of nitrogen functional groups attached to an aromatic ring is 1. The third-order valence-corrected chi connectivity index (χ3v) is 1.96. The molecule has 3 N–H and O–H groups in total. The third kappa shape index (κ3) is 2.14. The molecular formula is C9H8F2N4O. The highest BCUT2D eigenvalue weighted by Gasteiger charge is 2.09. The number of anilines is 1. The number of halogens is 2. The lowest BCUT2D eigenvalue weighted by atomic mass is 10.1. The van der Waals surface area contributed by atoms with E-state index in [1.807, 2.05) is 0 Å². The van der Waals surface area contributed by atoms with Crippen molar-refractivity contribution in [1.29, 1.82) is 0 Å². The molecule has 0 fully saturated rings. The molecule has 0 aliphatic heterocycles. The molecule has 84 valence electrons. The molecule has 0 aliphatic rings. The van der Waals surface area contributed by atoms with Gasteiger partial charge in [-0.3, -0.25) is 5.43 Å². The van der Waals surface area contributed by atoms with Gasteiger partial charge in [0.15, 0.2) is 5.82 Å². The quantitative estimate of drug-likeness (QED) is 0.608. The van der Waals surface area contributed by atoms with Crippen molar-refractivity contribution in [3.05, 3.63) is 41.2 Å². The van der Waals surface area contributed by atoms with Crippen LogP contribution in [-0.2, 0) is 6.42 Å². The Labute approximate surface area is 89.2 Å². The van der Waals surface area contributed by atoms with Crippen LogP contribution in [0.4, 0.5) is 14.8 Å². The second-order valence-corrected chi connectivity index (χ2v) is 3.07. The fourth-order valence-corrected chi connectivity index (χ4v) is 1.22. The standard InChI is InChI=1S/C9H8F2N4O/c10-6-2-1-5(7(11)4-6)3-8-13-9(14-12)16-15-8/h1-2,4H,3,12H2,(H,13,14,15). The van der Waals surface area contributed by atoms with E-state index < -0.39 is 11.6 Å². The van der Waals surface area contributed by atoms with Gasteiger partial charge in [-0.2, -0.15) is 4.98 Å². The summed E-state index contributed by atoms with van der Waals surface area (Å²) in [6.45, 7) is 0. The molecule has 0 spiro atoms. The number of nitrogens with two attached hydrogens (primary N) is 1. The first kappa shape index (κ1) is 10.5. The topological polar surface area (TPSA) is 77.0 Å². The number of hydrazine groups is 1. The summed E-state index contributed by atoms with van der Waals surface area (Å²) < 4.78 is 30.5. The van der Waals surface area contributed by atoms with Crippen LogP contribution in [0.2, 0.25) is 0 Å². The zero-order valence-corrected chi connectivity index (χ0v) is 8.08. The number of hydrogen-bond acceptors (Lipinski definition) is 5. The molecule has 1 heterocycles. The zero-order valence-electron chi connectivity index (χ0n) is 8.08. The molecule has 0 saturated carbocycles. The highest BCUT2D eigenvalue weighted by molar-refractivity contribution is 5.23. The Morgan fingerprint density at radius 3 is 2.81 bits per heavy atom. The summed E-state index contributed by atoms with van der Waals surface area (Å²) in [5.41, 5.74) is 2.45. The number of hydrogen-bond donors (Lipinski definition) is 2. The van der Waals surface area contributed by atoms with E-state index >= 15 is 0 Å². The first-order valence-electron chi connectivity index (χ1n) is 4.42. The van der Waals surface area contributed by atoms with Crippen molar-refractivity contribution in [3.8, 4) is 0 Å². The maximum Gasteiger partial charge on any atom is 0.335 e. The van der Waals surface area contributed by atoms with Crippen LogP contribution in [0.1, 0.15) is 11.4 Å². The molecule has 5 nitrogen and oxygen atoms in total. The van der Waals surface area contributed by atoms with E-state index in [2.05, 4.69) is 20.1 Å². The molecule has 1 aromatic carbocycles. The van der Waals surface area contributed by atoms with E-state index in [-0.39, 0.29) is 23.8 Å². The predicted octanol–water partition coefficient (Wildman–Crippen LogP) is 1.22. The van der Waals surface area contributed by atoms with Gasteiger partial charge in [0, 0.05) is 12.5 Å². The van der Waals surface area contributed by atoms with Crippen LogP contribution in [0, 0.1) is 11.6 Å². The van der Waals surface area contributed by atoms with Crippen molar-refractivity contribution in [3.63, 3.8) is 0 Å². The molecule has 0 unspecified atom stereocenters.